The van der Waals surface area contributed by atoms with Gasteiger partial charge in [-0.1, -0.05) is 18.2 Å². The third-order valence-corrected chi connectivity index (χ3v) is 7.71. The summed E-state index contributed by atoms with van der Waals surface area (Å²) >= 11 is 0. The number of H-pyrrole nitrogens is 1. The van der Waals surface area contributed by atoms with Crippen LogP contribution in [0.1, 0.15) is 48.1 Å². The number of amides is 2. The molecule has 2 aliphatic heterocycles. The summed E-state index contributed by atoms with van der Waals surface area (Å²) < 4.78 is 13.3. The summed E-state index contributed by atoms with van der Waals surface area (Å²) in [5.74, 6) is -0.114. The average Bonchev–Trinajstić information content (AvgIpc) is 3.31. The van der Waals surface area contributed by atoms with Gasteiger partial charge in [-0.25, -0.2) is 4.39 Å². The average molecular weight is 477 g/mol. The van der Waals surface area contributed by atoms with Crippen LogP contribution in [0.4, 0.5) is 4.39 Å². The highest BCUT2D eigenvalue weighted by molar-refractivity contribution is 5.85. The Morgan fingerprint density at radius 2 is 1.86 bits per heavy atom. The molecular formula is C28H33FN4O2. The Morgan fingerprint density at radius 3 is 2.66 bits per heavy atom. The van der Waals surface area contributed by atoms with Gasteiger partial charge >= 0.3 is 0 Å². The van der Waals surface area contributed by atoms with Crippen molar-refractivity contribution >= 4 is 22.7 Å². The Morgan fingerprint density at radius 1 is 1.09 bits per heavy atom. The van der Waals surface area contributed by atoms with Crippen molar-refractivity contribution in [2.75, 3.05) is 13.1 Å². The van der Waals surface area contributed by atoms with Crippen LogP contribution >= 0.6 is 0 Å². The number of carbonyl (C=O) groups is 2. The molecule has 5 rings (SSSR count). The molecule has 0 unspecified atom stereocenters. The molecular weight excluding hydrogens is 443 g/mol. The Balaban J connectivity index is 1.21. The summed E-state index contributed by atoms with van der Waals surface area (Å²) in [6, 6.07) is 12.9. The Bertz CT molecular complexity index is 1240. The molecule has 2 aromatic carbocycles. The maximum atomic E-state index is 13.3. The number of halogens is 1. The number of likely N-dealkylation sites (tertiary alicyclic amines) is 2. The van der Waals surface area contributed by atoms with Crippen LogP contribution in [0.3, 0.4) is 0 Å². The third-order valence-electron chi connectivity index (χ3n) is 7.71. The van der Waals surface area contributed by atoms with E-state index in [1.54, 1.807) is 12.1 Å². The van der Waals surface area contributed by atoms with Crippen LogP contribution in [-0.4, -0.2) is 51.8 Å². The number of nitrogens with one attached hydrogen (secondary N) is 2. The minimum atomic E-state index is -0.273. The van der Waals surface area contributed by atoms with Crippen molar-refractivity contribution in [2.24, 2.45) is 0 Å². The molecule has 2 aliphatic rings. The minimum Gasteiger partial charge on any atom is -0.358 e. The van der Waals surface area contributed by atoms with Crippen LogP contribution in [0.15, 0.2) is 42.5 Å². The van der Waals surface area contributed by atoms with Gasteiger partial charge in [-0.3, -0.25) is 14.5 Å². The SMILES string of the molecule is Cc1[nH]c2ccc(CNC(=O)CN3CC[C@H]4[C@@H]3CCCC(=O)N4Cc3ccc(F)cc3)cc2c1C. The smallest absolute Gasteiger partial charge is 0.234 e. The second-order valence-electron chi connectivity index (χ2n) is 9.97. The summed E-state index contributed by atoms with van der Waals surface area (Å²) in [5, 5.41) is 4.28. The predicted molar refractivity (Wildman–Crippen MR) is 134 cm³/mol. The van der Waals surface area contributed by atoms with Crippen LogP contribution in [0.2, 0.25) is 0 Å². The number of nitrogens with zero attached hydrogens (tertiary/aromatic N) is 2. The van der Waals surface area contributed by atoms with Gasteiger partial charge in [-0.15, -0.1) is 0 Å². The molecule has 7 heteroatoms. The molecule has 2 amide bonds. The van der Waals surface area contributed by atoms with E-state index in [1.165, 1.54) is 28.8 Å². The highest BCUT2D eigenvalue weighted by Gasteiger charge is 2.41. The topological polar surface area (TPSA) is 68.4 Å². The summed E-state index contributed by atoms with van der Waals surface area (Å²) in [6.45, 7) is 6.30. The zero-order chi connectivity index (χ0) is 24.5. The van der Waals surface area contributed by atoms with Crippen molar-refractivity contribution in [2.45, 2.75) is 64.7 Å². The summed E-state index contributed by atoms with van der Waals surface area (Å²) in [5.41, 5.74) is 5.54. The second kappa shape index (κ2) is 9.82. The monoisotopic (exact) mass is 476 g/mol. The number of hydrogen-bond donors (Lipinski definition) is 2. The molecule has 2 saturated heterocycles. The van der Waals surface area contributed by atoms with E-state index in [4.69, 9.17) is 0 Å². The molecule has 184 valence electrons. The molecule has 2 fully saturated rings. The first-order valence-corrected chi connectivity index (χ1v) is 12.5. The van der Waals surface area contributed by atoms with Crippen molar-refractivity contribution in [1.82, 2.24) is 20.1 Å². The lowest BCUT2D eigenvalue weighted by molar-refractivity contribution is -0.133. The first kappa shape index (κ1) is 23.5. The maximum Gasteiger partial charge on any atom is 0.234 e. The fourth-order valence-corrected chi connectivity index (χ4v) is 5.68. The predicted octanol–water partition coefficient (Wildman–Crippen LogP) is 4.20. The summed E-state index contributed by atoms with van der Waals surface area (Å²) in [6.07, 6.45) is 3.11. The van der Waals surface area contributed by atoms with Crippen LogP contribution < -0.4 is 5.32 Å². The molecule has 1 aromatic heterocycles. The van der Waals surface area contributed by atoms with Crippen LogP contribution in [-0.2, 0) is 22.7 Å². The largest absolute Gasteiger partial charge is 0.358 e. The van der Waals surface area contributed by atoms with Gasteiger partial charge in [0.15, 0.2) is 0 Å². The van der Waals surface area contributed by atoms with Crippen molar-refractivity contribution < 1.29 is 14.0 Å². The van der Waals surface area contributed by atoms with Gasteiger partial charge in [0.25, 0.3) is 0 Å². The van der Waals surface area contributed by atoms with E-state index in [0.29, 0.717) is 26.1 Å². The third kappa shape index (κ3) is 4.96. The standard InChI is InChI=1S/C28H33FN4O2/c1-18-19(2)31-24-11-8-21(14-23(18)24)15-30-27(34)17-32-13-12-26-25(32)4-3-5-28(35)33(26)16-20-6-9-22(29)10-7-20/h6-11,14,25-26,31H,3-5,12-13,15-17H2,1-2H3,(H,30,34)/t25-,26-/m0/s1. The maximum absolute atomic E-state index is 13.3. The fraction of sp³-hybridized carbons (Fsp3) is 0.429. The first-order chi connectivity index (χ1) is 16.9. The van der Waals surface area contributed by atoms with Crippen molar-refractivity contribution in [3.8, 4) is 0 Å². The van der Waals surface area contributed by atoms with E-state index in [9.17, 15) is 14.0 Å². The quantitative estimate of drug-likeness (QED) is 0.561. The molecule has 2 N–H and O–H groups in total. The van der Waals surface area contributed by atoms with Gasteiger partial charge in [0.05, 0.1) is 6.54 Å². The molecule has 0 saturated carbocycles. The van der Waals surface area contributed by atoms with Gasteiger partial charge in [-0.2, -0.15) is 0 Å². The molecule has 2 atom stereocenters. The molecule has 3 aromatic rings. The number of benzene rings is 2. The number of hydrogen-bond acceptors (Lipinski definition) is 3. The minimum absolute atomic E-state index is 0.00776. The Hall–Kier alpha value is -3.19. The Labute approximate surface area is 205 Å². The second-order valence-corrected chi connectivity index (χ2v) is 9.97. The summed E-state index contributed by atoms with van der Waals surface area (Å²) in [7, 11) is 0. The highest BCUT2D eigenvalue weighted by atomic mass is 19.1. The van der Waals surface area contributed by atoms with E-state index < -0.39 is 0 Å². The van der Waals surface area contributed by atoms with Gasteiger partial charge < -0.3 is 15.2 Å². The van der Waals surface area contributed by atoms with E-state index in [1.807, 2.05) is 11.0 Å². The van der Waals surface area contributed by atoms with Gasteiger partial charge in [0, 0.05) is 54.7 Å². The zero-order valence-electron chi connectivity index (χ0n) is 20.4. The Kier molecular flexibility index (Phi) is 6.60. The number of rotatable bonds is 6. The van der Waals surface area contributed by atoms with Crippen LogP contribution in [0, 0.1) is 19.7 Å². The molecule has 0 spiro atoms. The summed E-state index contributed by atoms with van der Waals surface area (Å²) in [4.78, 5) is 33.3. The van der Waals surface area contributed by atoms with E-state index in [0.717, 1.165) is 42.5 Å². The zero-order valence-corrected chi connectivity index (χ0v) is 20.4. The van der Waals surface area contributed by atoms with Crippen molar-refractivity contribution in [1.29, 1.82) is 0 Å². The lowest BCUT2D eigenvalue weighted by Crippen LogP contribution is -2.47. The lowest BCUT2D eigenvalue weighted by Gasteiger charge is -2.33. The lowest BCUT2D eigenvalue weighted by atomic mass is 10.0. The van der Waals surface area contributed by atoms with Crippen LogP contribution in [0.25, 0.3) is 10.9 Å². The van der Waals surface area contributed by atoms with Crippen molar-refractivity contribution in [3.63, 3.8) is 0 Å². The highest BCUT2D eigenvalue weighted by Crippen LogP contribution is 2.31. The van der Waals surface area contributed by atoms with E-state index in [2.05, 4.69) is 41.2 Å². The van der Waals surface area contributed by atoms with Gasteiger partial charge in [0.2, 0.25) is 11.8 Å². The molecule has 0 radical (unpaired) electrons. The number of aromatic nitrogens is 1. The van der Waals surface area contributed by atoms with Crippen molar-refractivity contribution in [3.05, 3.63) is 70.7 Å². The van der Waals surface area contributed by atoms with Crippen LogP contribution in [0.5, 0.6) is 0 Å². The molecule has 35 heavy (non-hydrogen) atoms. The molecule has 6 nitrogen and oxygen atoms in total. The number of aryl methyl sites for hydroxylation is 2. The number of fused-ring (bicyclic) bond motifs is 2. The normalized spacial score (nSPS) is 20.8. The van der Waals surface area contributed by atoms with E-state index >= 15 is 0 Å². The fourth-order valence-electron chi connectivity index (χ4n) is 5.68. The number of carbonyl (C=O) groups excluding carboxylic acids is 2. The molecule has 0 aliphatic carbocycles. The molecule has 0 bridgehead atoms. The first-order valence-electron chi connectivity index (χ1n) is 12.5. The molecule has 3 heterocycles. The van der Waals surface area contributed by atoms with Gasteiger partial charge in [0.1, 0.15) is 5.82 Å². The number of aromatic amines is 1. The van der Waals surface area contributed by atoms with E-state index in [-0.39, 0.29) is 29.7 Å². The van der Waals surface area contributed by atoms with Gasteiger partial charge in [-0.05, 0) is 74.1 Å².